The van der Waals surface area contributed by atoms with E-state index in [1.54, 1.807) is 0 Å². The molecule has 0 saturated heterocycles. The van der Waals surface area contributed by atoms with Crippen molar-refractivity contribution in [1.82, 2.24) is 29.1 Å². The fraction of sp³-hybridized carbons (Fsp3) is 0.105. The van der Waals surface area contributed by atoms with E-state index in [0.717, 1.165) is 34.2 Å². The molecule has 8 rings (SSSR count). The molecule has 0 N–H and O–H groups in total. The van der Waals surface area contributed by atoms with Crippen molar-refractivity contribution in [2.45, 2.75) is 27.7 Å². The quantitative estimate of drug-likeness (QED) is 0.212. The van der Waals surface area contributed by atoms with Crippen molar-refractivity contribution in [2.24, 2.45) is 0 Å². The lowest BCUT2D eigenvalue weighted by Crippen LogP contribution is -2.02. The third-order valence-corrected chi connectivity index (χ3v) is 9.03. The first kappa shape index (κ1) is 26.0. The van der Waals surface area contributed by atoms with Crippen LogP contribution in [0.5, 0.6) is 0 Å². The first-order chi connectivity index (χ1) is 21.5. The van der Waals surface area contributed by atoms with Crippen LogP contribution in [0, 0.1) is 27.7 Å². The zero-order chi connectivity index (χ0) is 29.9. The summed E-state index contributed by atoms with van der Waals surface area (Å²) in [5.74, 6) is 1.80. The highest BCUT2D eigenvalue weighted by atomic mass is 15.1. The Labute approximate surface area is 255 Å². The second-order valence-electron chi connectivity index (χ2n) is 11.3. The average Bonchev–Trinajstić information content (AvgIpc) is 3.50. The molecule has 6 aromatic heterocycles. The molecule has 0 fully saturated rings. The van der Waals surface area contributed by atoms with Gasteiger partial charge in [0.05, 0.1) is 22.4 Å². The minimum atomic E-state index is 0.900. The second kappa shape index (κ2) is 9.99. The van der Waals surface area contributed by atoms with E-state index in [-0.39, 0.29) is 0 Å². The summed E-state index contributed by atoms with van der Waals surface area (Å²) < 4.78 is 4.64. The van der Waals surface area contributed by atoms with Crippen molar-refractivity contribution in [2.75, 3.05) is 0 Å². The van der Waals surface area contributed by atoms with E-state index >= 15 is 0 Å². The van der Waals surface area contributed by atoms with Gasteiger partial charge in [0.1, 0.15) is 11.6 Å². The van der Waals surface area contributed by atoms with E-state index < -0.39 is 0 Å². The monoisotopic (exact) mass is 570 g/mol. The first-order valence-electron chi connectivity index (χ1n) is 14.8. The van der Waals surface area contributed by atoms with Crippen LogP contribution in [-0.4, -0.2) is 29.1 Å². The molecule has 6 heteroatoms. The van der Waals surface area contributed by atoms with Crippen molar-refractivity contribution >= 4 is 32.6 Å². The van der Waals surface area contributed by atoms with E-state index in [2.05, 4.69) is 107 Å². The molecule has 0 aliphatic rings. The summed E-state index contributed by atoms with van der Waals surface area (Å²) in [4.78, 5) is 18.7. The van der Waals surface area contributed by atoms with E-state index in [1.165, 1.54) is 55.1 Å². The highest BCUT2D eigenvalue weighted by Gasteiger charge is 2.21. The maximum absolute atomic E-state index is 5.14. The third-order valence-electron chi connectivity index (χ3n) is 9.03. The fourth-order valence-corrected chi connectivity index (χ4v) is 6.56. The summed E-state index contributed by atoms with van der Waals surface area (Å²) in [7, 11) is 0. The number of nitrogens with zero attached hydrogens (tertiary/aromatic N) is 6. The van der Waals surface area contributed by atoms with E-state index in [9.17, 15) is 0 Å². The van der Waals surface area contributed by atoms with Crippen molar-refractivity contribution in [1.29, 1.82) is 0 Å². The van der Waals surface area contributed by atoms with Gasteiger partial charge in [-0.3, -0.25) is 19.1 Å². The molecule has 0 unspecified atom stereocenters. The molecule has 0 radical (unpaired) electrons. The number of hydrogen-bond donors (Lipinski definition) is 0. The number of benzene rings is 2. The zero-order valence-electron chi connectivity index (χ0n) is 25.1. The molecule has 0 aliphatic carbocycles. The van der Waals surface area contributed by atoms with Crippen LogP contribution in [0.2, 0.25) is 0 Å². The van der Waals surface area contributed by atoms with Crippen molar-refractivity contribution in [3.05, 3.63) is 132 Å². The van der Waals surface area contributed by atoms with Gasteiger partial charge in [-0.1, -0.05) is 36.4 Å². The maximum Gasteiger partial charge on any atom is 0.138 e. The van der Waals surface area contributed by atoms with Crippen LogP contribution in [0.3, 0.4) is 0 Å². The standard InChI is InChI=1S/C38H30N6/c1-23-25(3)43(35-9-5-7-33(41-35)27-15-19-39-20-16-27)37-29(23)11-13-32-31(37)14-12-30-24(2)26(4)44(38(30)32)36-10-6-8-34(42-36)28-17-21-40-22-18-28/h5-22H,1-4H3. The zero-order valence-corrected chi connectivity index (χ0v) is 25.1. The molecular weight excluding hydrogens is 540 g/mol. The molecule has 0 spiro atoms. The summed E-state index contributed by atoms with van der Waals surface area (Å²) in [6.07, 6.45) is 7.24. The van der Waals surface area contributed by atoms with Crippen LogP contribution in [0.1, 0.15) is 22.5 Å². The Morgan fingerprint density at radius 1 is 0.432 bits per heavy atom. The first-order valence-corrected chi connectivity index (χ1v) is 14.8. The largest absolute Gasteiger partial charge is 0.298 e. The lowest BCUT2D eigenvalue weighted by Gasteiger charge is -2.14. The molecule has 212 valence electrons. The Bertz CT molecular complexity index is 2200. The van der Waals surface area contributed by atoms with Crippen LogP contribution < -0.4 is 0 Å². The highest BCUT2D eigenvalue weighted by molar-refractivity contribution is 6.17. The molecule has 2 aromatic carbocycles. The fourth-order valence-electron chi connectivity index (χ4n) is 6.56. The Morgan fingerprint density at radius 3 is 1.23 bits per heavy atom. The molecular formula is C38H30N6. The molecule has 0 bridgehead atoms. The summed E-state index contributed by atoms with van der Waals surface area (Å²) in [5.41, 5.74) is 11.1. The maximum atomic E-state index is 5.14. The number of rotatable bonds is 4. The van der Waals surface area contributed by atoms with Gasteiger partial charge in [0, 0.05) is 68.8 Å². The molecule has 6 heterocycles. The minimum absolute atomic E-state index is 0.900. The van der Waals surface area contributed by atoms with Gasteiger partial charge in [-0.15, -0.1) is 0 Å². The van der Waals surface area contributed by atoms with Crippen molar-refractivity contribution in [3.8, 4) is 34.2 Å². The predicted molar refractivity (Wildman–Crippen MR) is 179 cm³/mol. The Balaban J connectivity index is 1.41. The van der Waals surface area contributed by atoms with Gasteiger partial charge >= 0.3 is 0 Å². The summed E-state index contributed by atoms with van der Waals surface area (Å²) in [5, 5.41) is 4.84. The van der Waals surface area contributed by atoms with Crippen LogP contribution in [0.4, 0.5) is 0 Å². The molecule has 0 atom stereocenters. The molecule has 0 saturated carbocycles. The van der Waals surface area contributed by atoms with Crippen LogP contribution >= 0.6 is 0 Å². The minimum Gasteiger partial charge on any atom is -0.298 e. The average molecular weight is 571 g/mol. The van der Waals surface area contributed by atoms with Gasteiger partial charge < -0.3 is 0 Å². The lowest BCUT2D eigenvalue weighted by molar-refractivity contribution is 0.987. The summed E-state index contributed by atoms with van der Waals surface area (Å²) in [6.45, 7) is 8.78. The Morgan fingerprint density at radius 2 is 0.818 bits per heavy atom. The smallest absolute Gasteiger partial charge is 0.138 e. The van der Waals surface area contributed by atoms with Gasteiger partial charge in [0.2, 0.25) is 0 Å². The van der Waals surface area contributed by atoms with E-state index in [1.807, 2.05) is 49.1 Å². The lowest BCUT2D eigenvalue weighted by atomic mass is 10.0. The Hall–Kier alpha value is -5.62. The number of pyridine rings is 4. The second-order valence-corrected chi connectivity index (χ2v) is 11.3. The third kappa shape index (κ3) is 3.88. The van der Waals surface area contributed by atoms with Gasteiger partial charge in [-0.25, -0.2) is 9.97 Å². The number of aryl methyl sites for hydroxylation is 2. The van der Waals surface area contributed by atoms with Crippen molar-refractivity contribution < 1.29 is 0 Å². The van der Waals surface area contributed by atoms with Crippen LogP contribution in [0.25, 0.3) is 66.7 Å². The van der Waals surface area contributed by atoms with E-state index in [0.29, 0.717) is 0 Å². The van der Waals surface area contributed by atoms with Crippen LogP contribution in [-0.2, 0) is 0 Å². The summed E-state index contributed by atoms with van der Waals surface area (Å²) >= 11 is 0. The summed E-state index contributed by atoms with van der Waals surface area (Å²) in [6, 6.07) is 29.6. The SMILES string of the molecule is Cc1c(C)n(-c2cccc(-c3ccncc3)n2)c2c1ccc1c2ccc2c(C)c(C)n(-c3cccc(-c4ccncc4)n3)c21. The van der Waals surface area contributed by atoms with Crippen molar-refractivity contribution in [3.63, 3.8) is 0 Å². The Kier molecular flexibility index (Phi) is 5.91. The molecule has 6 nitrogen and oxygen atoms in total. The number of hydrogen-bond acceptors (Lipinski definition) is 4. The molecule has 44 heavy (non-hydrogen) atoms. The predicted octanol–water partition coefficient (Wildman–Crippen LogP) is 8.88. The van der Waals surface area contributed by atoms with Gasteiger partial charge in [-0.2, -0.15) is 0 Å². The highest BCUT2D eigenvalue weighted by Crippen LogP contribution is 2.40. The molecule has 0 aliphatic heterocycles. The van der Waals surface area contributed by atoms with Gasteiger partial charge in [0.15, 0.2) is 0 Å². The van der Waals surface area contributed by atoms with E-state index in [4.69, 9.17) is 9.97 Å². The van der Waals surface area contributed by atoms with Gasteiger partial charge in [-0.05, 0) is 87.4 Å². The van der Waals surface area contributed by atoms with Crippen LogP contribution in [0.15, 0.2) is 110 Å². The number of aromatic nitrogens is 6. The molecule has 0 amide bonds. The van der Waals surface area contributed by atoms with Gasteiger partial charge in [0.25, 0.3) is 0 Å². The normalized spacial score (nSPS) is 11.6. The molecule has 8 aromatic rings. The topological polar surface area (TPSA) is 61.4 Å². The number of fused-ring (bicyclic) bond motifs is 5.